The van der Waals surface area contributed by atoms with Crippen molar-refractivity contribution in [2.75, 3.05) is 6.54 Å². The van der Waals surface area contributed by atoms with Gasteiger partial charge in [-0.05, 0) is 37.3 Å². The molecule has 0 atom stereocenters. The molecule has 2 aromatic rings. The van der Waals surface area contributed by atoms with Crippen LogP contribution in [0.2, 0.25) is 0 Å². The van der Waals surface area contributed by atoms with Gasteiger partial charge in [0, 0.05) is 24.1 Å². The van der Waals surface area contributed by atoms with Gasteiger partial charge in [-0.2, -0.15) is 0 Å². The fourth-order valence-corrected chi connectivity index (χ4v) is 2.47. The third kappa shape index (κ3) is 2.81. The minimum absolute atomic E-state index is 0.195. The van der Waals surface area contributed by atoms with E-state index in [9.17, 15) is 9.59 Å². The number of nitrogens with zero attached hydrogens (tertiary/aromatic N) is 2. The molecule has 0 radical (unpaired) electrons. The van der Waals surface area contributed by atoms with Crippen molar-refractivity contribution in [2.45, 2.75) is 6.92 Å². The molecule has 1 fully saturated rings. The van der Waals surface area contributed by atoms with E-state index in [4.69, 9.17) is 0 Å². The number of benzene rings is 1. The van der Waals surface area contributed by atoms with Crippen LogP contribution in [-0.2, 0) is 4.79 Å². The zero-order valence-corrected chi connectivity index (χ0v) is 12.8. The number of hydrogen-bond donors (Lipinski definition) is 1. The highest BCUT2D eigenvalue weighted by molar-refractivity contribution is 6.14. The zero-order valence-electron chi connectivity index (χ0n) is 12.8. The normalized spacial score (nSPS) is 16.0. The number of urea groups is 1. The van der Waals surface area contributed by atoms with Crippen molar-refractivity contribution in [3.63, 3.8) is 0 Å². The number of carbonyl (C=O) groups excluding carboxylic acids is 2. The molecule has 1 aromatic carbocycles. The van der Waals surface area contributed by atoms with Gasteiger partial charge < -0.3 is 9.88 Å². The van der Waals surface area contributed by atoms with Crippen molar-refractivity contribution in [1.82, 2.24) is 14.8 Å². The number of amides is 3. The molecule has 3 rings (SSSR count). The first-order valence-corrected chi connectivity index (χ1v) is 7.30. The van der Waals surface area contributed by atoms with Crippen LogP contribution in [0, 0.1) is 6.92 Å². The van der Waals surface area contributed by atoms with Gasteiger partial charge in [0.15, 0.2) is 0 Å². The summed E-state index contributed by atoms with van der Waals surface area (Å²) in [7, 11) is 0. The second-order valence-electron chi connectivity index (χ2n) is 5.33. The first kappa shape index (κ1) is 14.8. The van der Waals surface area contributed by atoms with Gasteiger partial charge in [-0.15, -0.1) is 6.58 Å². The van der Waals surface area contributed by atoms with E-state index in [-0.39, 0.29) is 18.1 Å². The molecule has 116 valence electrons. The largest absolute Gasteiger partial charge is 0.329 e. The molecule has 3 amide bonds. The molecule has 0 aliphatic carbocycles. The van der Waals surface area contributed by atoms with Crippen LogP contribution in [0.4, 0.5) is 4.79 Å². The van der Waals surface area contributed by atoms with Gasteiger partial charge in [-0.25, -0.2) is 4.79 Å². The van der Waals surface area contributed by atoms with Gasteiger partial charge in [0.2, 0.25) is 0 Å². The summed E-state index contributed by atoms with van der Waals surface area (Å²) in [4.78, 5) is 25.2. The Morgan fingerprint density at radius 1 is 1.17 bits per heavy atom. The number of aromatic nitrogens is 1. The Balaban J connectivity index is 1.94. The van der Waals surface area contributed by atoms with Crippen LogP contribution >= 0.6 is 0 Å². The Morgan fingerprint density at radius 2 is 1.91 bits per heavy atom. The summed E-state index contributed by atoms with van der Waals surface area (Å²) >= 11 is 0. The lowest BCUT2D eigenvalue weighted by atomic mass is 10.2. The van der Waals surface area contributed by atoms with Crippen LogP contribution in [0.5, 0.6) is 0 Å². The average Bonchev–Trinajstić information content (AvgIpc) is 3.09. The van der Waals surface area contributed by atoms with Crippen molar-refractivity contribution >= 4 is 18.0 Å². The lowest BCUT2D eigenvalue weighted by Crippen LogP contribution is -2.30. The van der Waals surface area contributed by atoms with Gasteiger partial charge in [0.05, 0.1) is 0 Å². The van der Waals surface area contributed by atoms with E-state index in [2.05, 4.69) is 11.9 Å². The molecule has 1 aromatic heterocycles. The number of aryl methyl sites for hydroxylation is 1. The second-order valence-corrected chi connectivity index (χ2v) is 5.33. The van der Waals surface area contributed by atoms with Crippen molar-refractivity contribution in [3.05, 3.63) is 72.2 Å². The number of carbonyl (C=O) groups is 2. The number of hydrogen-bond acceptors (Lipinski definition) is 2. The molecule has 0 spiro atoms. The highest BCUT2D eigenvalue weighted by Gasteiger charge is 2.32. The van der Waals surface area contributed by atoms with E-state index in [1.807, 2.05) is 54.1 Å². The number of imide groups is 1. The molecule has 0 bridgehead atoms. The van der Waals surface area contributed by atoms with Crippen molar-refractivity contribution < 1.29 is 9.59 Å². The van der Waals surface area contributed by atoms with Gasteiger partial charge >= 0.3 is 6.03 Å². The molecule has 1 aliphatic rings. The maximum atomic E-state index is 12.2. The topological polar surface area (TPSA) is 54.3 Å². The van der Waals surface area contributed by atoms with E-state index in [0.717, 1.165) is 16.3 Å². The molecular weight excluding hydrogens is 290 g/mol. The predicted molar refractivity (Wildman–Crippen MR) is 88.9 cm³/mol. The fraction of sp³-hybridized carbons (Fsp3) is 0.111. The van der Waals surface area contributed by atoms with Crippen LogP contribution in [0.15, 0.2) is 60.9 Å². The van der Waals surface area contributed by atoms with E-state index in [1.165, 1.54) is 11.6 Å². The van der Waals surface area contributed by atoms with Gasteiger partial charge in [-0.1, -0.05) is 23.8 Å². The van der Waals surface area contributed by atoms with Crippen molar-refractivity contribution in [2.24, 2.45) is 0 Å². The maximum absolute atomic E-state index is 12.2. The Kier molecular flexibility index (Phi) is 3.85. The Hall–Kier alpha value is -3.08. The molecule has 0 saturated carbocycles. The lowest BCUT2D eigenvalue weighted by molar-refractivity contribution is -0.122. The summed E-state index contributed by atoms with van der Waals surface area (Å²) in [6, 6.07) is 11.4. The van der Waals surface area contributed by atoms with E-state index in [1.54, 1.807) is 6.08 Å². The SMILES string of the molecule is C=CCN1C(=O)N/C(=C/c2cccn2-c2ccc(C)cc2)C1=O. The van der Waals surface area contributed by atoms with Gasteiger partial charge in [0.25, 0.3) is 5.91 Å². The van der Waals surface area contributed by atoms with E-state index in [0.29, 0.717) is 0 Å². The van der Waals surface area contributed by atoms with Gasteiger partial charge in [0.1, 0.15) is 5.70 Å². The summed E-state index contributed by atoms with van der Waals surface area (Å²) in [5.74, 6) is -0.341. The lowest BCUT2D eigenvalue weighted by Gasteiger charge is -2.08. The minimum Gasteiger partial charge on any atom is -0.317 e. The molecule has 23 heavy (non-hydrogen) atoms. The average molecular weight is 307 g/mol. The standard InChI is InChI=1S/C18H17N3O2/c1-3-10-21-17(22)16(19-18(21)23)12-15-5-4-11-20(15)14-8-6-13(2)7-9-14/h3-9,11-12H,1,10H2,2H3,(H,19,23)/b16-12+. The van der Waals surface area contributed by atoms with Crippen LogP contribution in [-0.4, -0.2) is 28.0 Å². The Bertz CT molecular complexity index is 800. The minimum atomic E-state index is -0.422. The van der Waals surface area contributed by atoms with Crippen LogP contribution < -0.4 is 5.32 Å². The van der Waals surface area contributed by atoms with Crippen LogP contribution in [0.1, 0.15) is 11.3 Å². The summed E-state index contributed by atoms with van der Waals surface area (Å²) in [6.07, 6.45) is 5.12. The molecular formula is C18H17N3O2. The zero-order chi connectivity index (χ0) is 16.4. The third-order valence-corrected chi connectivity index (χ3v) is 3.66. The molecule has 2 heterocycles. The van der Waals surface area contributed by atoms with E-state index < -0.39 is 6.03 Å². The van der Waals surface area contributed by atoms with Gasteiger partial charge in [-0.3, -0.25) is 9.69 Å². The van der Waals surface area contributed by atoms with Crippen molar-refractivity contribution in [3.8, 4) is 5.69 Å². The maximum Gasteiger partial charge on any atom is 0.329 e. The Morgan fingerprint density at radius 3 is 2.61 bits per heavy atom. The van der Waals surface area contributed by atoms with Crippen molar-refractivity contribution in [1.29, 1.82) is 0 Å². The highest BCUT2D eigenvalue weighted by atomic mass is 16.2. The predicted octanol–water partition coefficient (Wildman–Crippen LogP) is 2.86. The summed E-state index contributed by atoms with van der Waals surface area (Å²) in [5, 5.41) is 2.60. The number of nitrogens with one attached hydrogen (secondary N) is 1. The quantitative estimate of drug-likeness (QED) is 0.536. The van der Waals surface area contributed by atoms with Crippen LogP contribution in [0.25, 0.3) is 11.8 Å². The highest BCUT2D eigenvalue weighted by Crippen LogP contribution is 2.18. The molecule has 1 aliphatic heterocycles. The first-order valence-electron chi connectivity index (χ1n) is 7.30. The molecule has 1 saturated heterocycles. The Labute approximate surface area is 134 Å². The molecule has 5 nitrogen and oxygen atoms in total. The van der Waals surface area contributed by atoms with E-state index >= 15 is 0 Å². The smallest absolute Gasteiger partial charge is 0.317 e. The molecule has 5 heteroatoms. The summed E-state index contributed by atoms with van der Waals surface area (Å²) < 4.78 is 1.96. The second kappa shape index (κ2) is 5.96. The monoisotopic (exact) mass is 307 g/mol. The fourth-order valence-electron chi connectivity index (χ4n) is 2.47. The third-order valence-electron chi connectivity index (χ3n) is 3.66. The molecule has 1 N–H and O–H groups in total. The summed E-state index contributed by atoms with van der Waals surface area (Å²) in [6.45, 7) is 5.78. The summed E-state index contributed by atoms with van der Waals surface area (Å²) in [5.41, 5.74) is 3.26. The first-order chi connectivity index (χ1) is 11.1. The number of rotatable bonds is 4. The van der Waals surface area contributed by atoms with Crippen LogP contribution in [0.3, 0.4) is 0 Å². The molecule has 0 unspecified atom stereocenters.